The van der Waals surface area contributed by atoms with Crippen molar-refractivity contribution in [2.45, 2.75) is 12.8 Å². The highest BCUT2D eigenvalue weighted by Gasteiger charge is 2.58. The second-order valence-corrected chi connectivity index (χ2v) is 6.49. The molecule has 3 aliphatic rings. The van der Waals surface area contributed by atoms with Gasteiger partial charge in [-0.05, 0) is 30.4 Å². The van der Waals surface area contributed by atoms with Crippen molar-refractivity contribution in [1.82, 2.24) is 4.90 Å². The zero-order chi connectivity index (χ0) is 16.0. The van der Waals surface area contributed by atoms with Crippen LogP contribution in [0.2, 0.25) is 0 Å². The van der Waals surface area contributed by atoms with Crippen LogP contribution in [0.4, 0.5) is 5.69 Å². The Hall–Kier alpha value is -2.43. The molecular weight excluding hydrogens is 292 g/mol. The Morgan fingerprint density at radius 2 is 1.65 bits per heavy atom. The molecule has 0 spiro atoms. The first kappa shape index (κ1) is 14.2. The number of allylic oxidation sites excluding steroid dienone is 2. The number of nitrogens with one attached hydrogen (secondary N) is 1. The summed E-state index contributed by atoms with van der Waals surface area (Å²) in [6, 6.07) is 9.16. The van der Waals surface area contributed by atoms with E-state index >= 15 is 0 Å². The third kappa shape index (κ3) is 2.27. The van der Waals surface area contributed by atoms with Crippen molar-refractivity contribution < 1.29 is 14.4 Å². The topological polar surface area (TPSA) is 66.5 Å². The Morgan fingerprint density at radius 3 is 2.26 bits per heavy atom. The molecule has 5 nitrogen and oxygen atoms in total. The number of hydrogen-bond acceptors (Lipinski definition) is 3. The molecule has 0 radical (unpaired) electrons. The maximum Gasteiger partial charge on any atom is 0.233 e. The lowest BCUT2D eigenvalue weighted by molar-refractivity contribution is -0.140. The molecule has 5 heteroatoms. The molecule has 118 valence electrons. The number of amides is 3. The van der Waals surface area contributed by atoms with Gasteiger partial charge < -0.3 is 5.32 Å². The molecule has 1 aliphatic heterocycles. The standard InChI is InChI=1S/C18H18N2O3/c21-14(19-13-4-2-1-3-5-13)8-9-20-17(22)15-11-6-7-12(10-11)16(15)18(20)23/h1-7,11-12,15-16H,8-10H2,(H,19,21)/t11-,12-,15+,16+/m0/s1. The molecule has 0 unspecified atom stereocenters. The summed E-state index contributed by atoms with van der Waals surface area (Å²) in [4.78, 5) is 38.3. The summed E-state index contributed by atoms with van der Waals surface area (Å²) in [7, 11) is 0. The van der Waals surface area contributed by atoms with Crippen molar-refractivity contribution in [3.63, 3.8) is 0 Å². The lowest BCUT2D eigenvalue weighted by Gasteiger charge is -2.16. The van der Waals surface area contributed by atoms with Gasteiger partial charge >= 0.3 is 0 Å². The van der Waals surface area contributed by atoms with Crippen molar-refractivity contribution in [2.75, 3.05) is 11.9 Å². The lowest BCUT2D eigenvalue weighted by atomic mass is 9.85. The fourth-order valence-electron chi connectivity index (χ4n) is 4.14. The van der Waals surface area contributed by atoms with E-state index in [9.17, 15) is 14.4 Å². The summed E-state index contributed by atoms with van der Waals surface area (Å²) < 4.78 is 0. The van der Waals surface area contributed by atoms with Gasteiger partial charge in [0.2, 0.25) is 17.7 Å². The SMILES string of the molecule is O=C(CCN1C(=O)[C@H]2[C@H](C1=O)[C@H]1C=C[C@H]2C1)Nc1ccccc1. The van der Waals surface area contributed by atoms with Crippen LogP contribution in [0.15, 0.2) is 42.5 Å². The molecule has 3 amide bonds. The minimum atomic E-state index is -0.185. The van der Waals surface area contributed by atoms with Crippen LogP contribution in [0.5, 0.6) is 0 Å². The number of nitrogens with zero attached hydrogens (tertiary/aromatic N) is 1. The van der Waals surface area contributed by atoms with Gasteiger partial charge in [-0.2, -0.15) is 0 Å². The molecule has 23 heavy (non-hydrogen) atoms. The zero-order valence-electron chi connectivity index (χ0n) is 12.6. The van der Waals surface area contributed by atoms with E-state index in [1.807, 2.05) is 18.2 Å². The highest BCUT2D eigenvalue weighted by molar-refractivity contribution is 6.06. The van der Waals surface area contributed by atoms with Crippen LogP contribution in [-0.4, -0.2) is 29.2 Å². The molecule has 1 saturated carbocycles. The molecule has 4 rings (SSSR count). The maximum atomic E-state index is 12.5. The van der Waals surface area contributed by atoms with Crippen molar-refractivity contribution in [3.8, 4) is 0 Å². The molecule has 1 aromatic carbocycles. The average molecular weight is 310 g/mol. The highest BCUT2D eigenvalue weighted by Crippen LogP contribution is 2.52. The fourth-order valence-corrected chi connectivity index (χ4v) is 4.14. The maximum absolute atomic E-state index is 12.5. The monoisotopic (exact) mass is 310 g/mol. The van der Waals surface area contributed by atoms with Crippen LogP contribution in [0.25, 0.3) is 0 Å². The number of para-hydroxylation sites is 1. The Balaban J connectivity index is 1.38. The largest absolute Gasteiger partial charge is 0.326 e. The first-order valence-corrected chi connectivity index (χ1v) is 8.03. The Labute approximate surface area is 134 Å². The molecule has 1 heterocycles. The van der Waals surface area contributed by atoms with E-state index in [4.69, 9.17) is 0 Å². The Morgan fingerprint density at radius 1 is 1.04 bits per heavy atom. The third-order valence-corrected chi connectivity index (χ3v) is 5.18. The van der Waals surface area contributed by atoms with E-state index in [2.05, 4.69) is 17.5 Å². The average Bonchev–Trinajstić information content (AvgIpc) is 3.22. The van der Waals surface area contributed by atoms with Crippen molar-refractivity contribution in [2.24, 2.45) is 23.7 Å². The minimum Gasteiger partial charge on any atom is -0.326 e. The zero-order valence-corrected chi connectivity index (χ0v) is 12.6. The van der Waals surface area contributed by atoms with Crippen LogP contribution in [0.3, 0.4) is 0 Å². The van der Waals surface area contributed by atoms with Gasteiger partial charge in [0.05, 0.1) is 11.8 Å². The van der Waals surface area contributed by atoms with Crippen molar-refractivity contribution >= 4 is 23.4 Å². The van der Waals surface area contributed by atoms with Gasteiger partial charge in [-0.25, -0.2) is 0 Å². The number of fused-ring (bicyclic) bond motifs is 5. The number of likely N-dealkylation sites (tertiary alicyclic amines) is 1. The first-order chi connectivity index (χ1) is 11.1. The number of benzene rings is 1. The highest BCUT2D eigenvalue weighted by atomic mass is 16.2. The van der Waals surface area contributed by atoms with Gasteiger partial charge in [0, 0.05) is 18.7 Å². The summed E-state index contributed by atoms with van der Waals surface area (Å²) in [5.41, 5.74) is 0.718. The summed E-state index contributed by atoms with van der Waals surface area (Å²) >= 11 is 0. The molecule has 1 saturated heterocycles. The van der Waals surface area contributed by atoms with E-state index < -0.39 is 0 Å². The molecule has 0 aromatic heterocycles. The van der Waals surface area contributed by atoms with Gasteiger partial charge in [0.15, 0.2) is 0 Å². The molecule has 2 fully saturated rings. The minimum absolute atomic E-state index is 0.0932. The predicted molar refractivity (Wildman–Crippen MR) is 84.1 cm³/mol. The van der Waals surface area contributed by atoms with E-state index in [-0.39, 0.29) is 54.4 Å². The van der Waals surface area contributed by atoms with Gasteiger partial charge in [0.1, 0.15) is 0 Å². The van der Waals surface area contributed by atoms with Crippen LogP contribution in [-0.2, 0) is 14.4 Å². The van der Waals surface area contributed by atoms with Gasteiger partial charge in [-0.1, -0.05) is 30.4 Å². The molecule has 1 aromatic rings. The van der Waals surface area contributed by atoms with Gasteiger partial charge in [-0.3, -0.25) is 19.3 Å². The predicted octanol–water partition coefficient (Wildman–Crippen LogP) is 1.82. The number of hydrogen-bond donors (Lipinski definition) is 1. The molecular formula is C18H18N2O3. The summed E-state index contributed by atoms with van der Waals surface area (Å²) in [6.45, 7) is 0.169. The Bertz CT molecular complexity index is 667. The number of rotatable bonds is 4. The smallest absolute Gasteiger partial charge is 0.233 e. The van der Waals surface area contributed by atoms with Crippen LogP contribution < -0.4 is 5.32 Å². The van der Waals surface area contributed by atoms with E-state index in [1.165, 1.54) is 4.90 Å². The van der Waals surface area contributed by atoms with E-state index in [0.29, 0.717) is 0 Å². The number of imide groups is 1. The second-order valence-electron chi connectivity index (χ2n) is 6.49. The normalized spacial score (nSPS) is 30.9. The van der Waals surface area contributed by atoms with Crippen molar-refractivity contribution in [1.29, 1.82) is 0 Å². The molecule has 2 bridgehead atoms. The number of anilines is 1. The Kier molecular flexibility index (Phi) is 3.29. The quantitative estimate of drug-likeness (QED) is 0.681. The molecule has 4 atom stereocenters. The van der Waals surface area contributed by atoms with Gasteiger partial charge in [-0.15, -0.1) is 0 Å². The lowest BCUT2D eigenvalue weighted by Crippen LogP contribution is -2.35. The van der Waals surface area contributed by atoms with E-state index in [1.54, 1.807) is 12.1 Å². The first-order valence-electron chi connectivity index (χ1n) is 8.03. The molecule has 1 N–H and O–H groups in total. The van der Waals surface area contributed by atoms with Crippen LogP contribution >= 0.6 is 0 Å². The van der Waals surface area contributed by atoms with E-state index in [0.717, 1.165) is 12.1 Å². The fraction of sp³-hybridized carbons (Fsp3) is 0.389. The molecule has 2 aliphatic carbocycles. The van der Waals surface area contributed by atoms with Crippen LogP contribution in [0, 0.1) is 23.7 Å². The van der Waals surface area contributed by atoms with Crippen LogP contribution in [0.1, 0.15) is 12.8 Å². The summed E-state index contributed by atoms with van der Waals surface area (Å²) in [5, 5.41) is 2.78. The summed E-state index contributed by atoms with van der Waals surface area (Å²) in [6.07, 6.45) is 5.20. The van der Waals surface area contributed by atoms with Crippen molar-refractivity contribution in [3.05, 3.63) is 42.5 Å². The summed E-state index contributed by atoms with van der Waals surface area (Å²) in [5.74, 6) is -0.317. The number of carbonyl (C=O) groups excluding carboxylic acids is 3. The van der Waals surface area contributed by atoms with Gasteiger partial charge in [0.25, 0.3) is 0 Å². The third-order valence-electron chi connectivity index (χ3n) is 5.18. The number of carbonyl (C=O) groups is 3. The second kappa shape index (κ2) is 5.33.